The zero-order valence-corrected chi connectivity index (χ0v) is 9.55. The van der Waals surface area contributed by atoms with E-state index in [0.717, 1.165) is 18.3 Å². The standard InChI is InChI=1S/C12H26O/c1-11(2)7-6-9-12(3)8-4-5-10-13/h11-13H,4-10H2,1-3H3/t12-/m1/s1. The fourth-order valence-corrected chi connectivity index (χ4v) is 1.62. The van der Waals surface area contributed by atoms with Crippen LogP contribution in [0.15, 0.2) is 0 Å². The highest BCUT2D eigenvalue weighted by molar-refractivity contribution is 4.55. The van der Waals surface area contributed by atoms with Crippen LogP contribution in [-0.2, 0) is 0 Å². The van der Waals surface area contributed by atoms with E-state index in [1.807, 2.05) is 0 Å². The molecule has 1 heteroatoms. The SMILES string of the molecule is CC(C)CCC[C@H](C)CCCCO. The third-order valence-electron chi connectivity index (χ3n) is 2.58. The van der Waals surface area contributed by atoms with Gasteiger partial charge in [-0.25, -0.2) is 0 Å². The van der Waals surface area contributed by atoms with Gasteiger partial charge in [0, 0.05) is 6.61 Å². The molecule has 0 saturated heterocycles. The number of hydrogen-bond donors (Lipinski definition) is 1. The van der Waals surface area contributed by atoms with Crippen LogP contribution in [0.25, 0.3) is 0 Å². The van der Waals surface area contributed by atoms with Crippen molar-refractivity contribution < 1.29 is 5.11 Å². The first-order valence-electron chi connectivity index (χ1n) is 5.77. The largest absolute Gasteiger partial charge is 0.396 e. The summed E-state index contributed by atoms with van der Waals surface area (Å²) >= 11 is 0. The molecule has 13 heavy (non-hydrogen) atoms. The van der Waals surface area contributed by atoms with Gasteiger partial charge >= 0.3 is 0 Å². The van der Waals surface area contributed by atoms with E-state index in [-0.39, 0.29) is 0 Å². The summed E-state index contributed by atoms with van der Waals surface area (Å²) in [5, 5.41) is 8.63. The first kappa shape index (κ1) is 13.0. The second-order valence-electron chi connectivity index (χ2n) is 4.65. The molecule has 0 radical (unpaired) electrons. The summed E-state index contributed by atoms with van der Waals surface area (Å²) in [7, 11) is 0. The number of aliphatic hydroxyl groups is 1. The van der Waals surface area contributed by atoms with Crippen LogP contribution in [0.2, 0.25) is 0 Å². The van der Waals surface area contributed by atoms with E-state index in [1.165, 1.54) is 32.1 Å². The highest BCUT2D eigenvalue weighted by Gasteiger charge is 2.02. The highest BCUT2D eigenvalue weighted by atomic mass is 16.2. The molecule has 0 aliphatic heterocycles. The van der Waals surface area contributed by atoms with Crippen LogP contribution in [0.3, 0.4) is 0 Å². The first-order valence-corrected chi connectivity index (χ1v) is 5.77. The maximum absolute atomic E-state index is 8.63. The number of unbranched alkanes of at least 4 members (excludes halogenated alkanes) is 1. The smallest absolute Gasteiger partial charge is 0.0431 e. The summed E-state index contributed by atoms with van der Waals surface area (Å²) in [5.41, 5.74) is 0. The van der Waals surface area contributed by atoms with Crippen molar-refractivity contribution >= 4 is 0 Å². The molecule has 1 atom stereocenters. The molecule has 0 bridgehead atoms. The molecule has 0 heterocycles. The predicted octanol–water partition coefficient (Wildman–Crippen LogP) is 3.61. The molecule has 0 rings (SSSR count). The quantitative estimate of drug-likeness (QED) is 0.574. The average molecular weight is 186 g/mol. The summed E-state index contributed by atoms with van der Waals surface area (Å²) in [6.45, 7) is 7.27. The molecule has 0 amide bonds. The van der Waals surface area contributed by atoms with Gasteiger partial charge < -0.3 is 5.11 Å². The average Bonchev–Trinajstić information content (AvgIpc) is 2.04. The number of hydrogen-bond acceptors (Lipinski definition) is 1. The van der Waals surface area contributed by atoms with Crippen molar-refractivity contribution in [1.82, 2.24) is 0 Å². The summed E-state index contributed by atoms with van der Waals surface area (Å²) in [6.07, 6.45) is 7.57. The summed E-state index contributed by atoms with van der Waals surface area (Å²) in [5.74, 6) is 1.70. The van der Waals surface area contributed by atoms with Crippen molar-refractivity contribution in [2.45, 2.75) is 59.3 Å². The van der Waals surface area contributed by atoms with Crippen molar-refractivity contribution in [3.8, 4) is 0 Å². The van der Waals surface area contributed by atoms with Crippen molar-refractivity contribution in [1.29, 1.82) is 0 Å². The van der Waals surface area contributed by atoms with Crippen LogP contribution < -0.4 is 0 Å². The van der Waals surface area contributed by atoms with Crippen molar-refractivity contribution in [3.05, 3.63) is 0 Å². The fourth-order valence-electron chi connectivity index (χ4n) is 1.62. The second-order valence-corrected chi connectivity index (χ2v) is 4.65. The molecule has 0 saturated carbocycles. The van der Waals surface area contributed by atoms with Crippen molar-refractivity contribution in [2.24, 2.45) is 11.8 Å². The van der Waals surface area contributed by atoms with Gasteiger partial charge in [0.1, 0.15) is 0 Å². The van der Waals surface area contributed by atoms with Crippen LogP contribution >= 0.6 is 0 Å². The van der Waals surface area contributed by atoms with E-state index in [0.29, 0.717) is 6.61 Å². The molecular weight excluding hydrogens is 160 g/mol. The minimum absolute atomic E-state index is 0.360. The Morgan fingerprint density at radius 3 is 2.00 bits per heavy atom. The zero-order chi connectivity index (χ0) is 10.1. The molecule has 0 aromatic carbocycles. The summed E-state index contributed by atoms with van der Waals surface area (Å²) < 4.78 is 0. The number of rotatable bonds is 8. The van der Waals surface area contributed by atoms with Crippen LogP contribution in [-0.4, -0.2) is 11.7 Å². The first-order chi connectivity index (χ1) is 6.16. The van der Waals surface area contributed by atoms with Gasteiger partial charge in [-0.3, -0.25) is 0 Å². The van der Waals surface area contributed by atoms with Gasteiger partial charge in [-0.2, -0.15) is 0 Å². The lowest BCUT2D eigenvalue weighted by molar-refractivity contribution is 0.277. The molecule has 0 aromatic rings. The summed E-state index contributed by atoms with van der Waals surface area (Å²) in [4.78, 5) is 0. The van der Waals surface area contributed by atoms with E-state index < -0.39 is 0 Å². The highest BCUT2D eigenvalue weighted by Crippen LogP contribution is 2.17. The van der Waals surface area contributed by atoms with E-state index in [1.54, 1.807) is 0 Å². The van der Waals surface area contributed by atoms with E-state index >= 15 is 0 Å². The van der Waals surface area contributed by atoms with Crippen LogP contribution in [0.4, 0.5) is 0 Å². The van der Waals surface area contributed by atoms with Gasteiger partial charge in [0.25, 0.3) is 0 Å². The normalized spacial score (nSPS) is 13.6. The van der Waals surface area contributed by atoms with Crippen molar-refractivity contribution in [3.63, 3.8) is 0 Å². The molecule has 0 aliphatic carbocycles. The molecule has 0 aliphatic rings. The lowest BCUT2D eigenvalue weighted by Crippen LogP contribution is -1.97. The Bertz CT molecular complexity index is 99.3. The van der Waals surface area contributed by atoms with E-state index in [4.69, 9.17) is 5.11 Å². The van der Waals surface area contributed by atoms with Crippen LogP contribution in [0.5, 0.6) is 0 Å². The van der Waals surface area contributed by atoms with E-state index in [2.05, 4.69) is 20.8 Å². The Morgan fingerprint density at radius 1 is 0.846 bits per heavy atom. The minimum atomic E-state index is 0.360. The Kier molecular flexibility index (Phi) is 8.53. The Balaban J connectivity index is 3.15. The third kappa shape index (κ3) is 9.88. The minimum Gasteiger partial charge on any atom is -0.396 e. The summed E-state index contributed by atoms with van der Waals surface area (Å²) in [6, 6.07) is 0. The monoisotopic (exact) mass is 186 g/mol. The fraction of sp³-hybridized carbons (Fsp3) is 1.00. The zero-order valence-electron chi connectivity index (χ0n) is 9.55. The van der Waals surface area contributed by atoms with E-state index in [9.17, 15) is 0 Å². The predicted molar refractivity (Wildman–Crippen MR) is 58.8 cm³/mol. The molecule has 1 nitrogen and oxygen atoms in total. The maximum atomic E-state index is 8.63. The van der Waals surface area contributed by atoms with Crippen LogP contribution in [0, 0.1) is 11.8 Å². The van der Waals surface area contributed by atoms with Crippen molar-refractivity contribution in [2.75, 3.05) is 6.61 Å². The Hall–Kier alpha value is -0.0400. The molecule has 80 valence electrons. The Labute approximate surface area is 83.5 Å². The van der Waals surface area contributed by atoms with Gasteiger partial charge in [0.2, 0.25) is 0 Å². The maximum Gasteiger partial charge on any atom is 0.0431 e. The molecule has 0 fully saturated rings. The molecule has 0 aromatic heterocycles. The van der Waals surface area contributed by atoms with Gasteiger partial charge in [-0.1, -0.05) is 52.9 Å². The van der Waals surface area contributed by atoms with Gasteiger partial charge in [-0.15, -0.1) is 0 Å². The van der Waals surface area contributed by atoms with Crippen LogP contribution in [0.1, 0.15) is 59.3 Å². The topological polar surface area (TPSA) is 20.2 Å². The Morgan fingerprint density at radius 2 is 1.46 bits per heavy atom. The molecule has 0 spiro atoms. The molecular formula is C12H26O. The molecule has 0 unspecified atom stereocenters. The molecule has 1 N–H and O–H groups in total. The van der Waals surface area contributed by atoms with Gasteiger partial charge in [0.05, 0.1) is 0 Å². The number of aliphatic hydroxyl groups excluding tert-OH is 1. The lowest BCUT2D eigenvalue weighted by Gasteiger charge is -2.11. The second kappa shape index (κ2) is 8.55. The van der Waals surface area contributed by atoms with Gasteiger partial charge in [0.15, 0.2) is 0 Å². The third-order valence-corrected chi connectivity index (χ3v) is 2.58. The van der Waals surface area contributed by atoms with Gasteiger partial charge in [-0.05, 0) is 18.3 Å². The lowest BCUT2D eigenvalue weighted by atomic mass is 9.95.